The number of rotatable bonds is 4. The highest BCUT2D eigenvalue weighted by atomic mass is 32.1. The van der Waals surface area contributed by atoms with E-state index in [0.717, 1.165) is 30.5 Å². The Kier molecular flexibility index (Phi) is 5.90. The van der Waals surface area contributed by atoms with Crippen LogP contribution in [-0.2, 0) is 19.4 Å². The van der Waals surface area contributed by atoms with E-state index in [0.29, 0.717) is 38.3 Å². The number of hydrogen-bond donors (Lipinski definition) is 1. The van der Waals surface area contributed by atoms with Crippen molar-refractivity contribution in [1.29, 1.82) is 0 Å². The van der Waals surface area contributed by atoms with Gasteiger partial charge in [0.15, 0.2) is 5.13 Å². The van der Waals surface area contributed by atoms with E-state index in [9.17, 15) is 9.59 Å². The Bertz CT molecular complexity index is 1430. The predicted octanol–water partition coefficient (Wildman–Crippen LogP) is 5.67. The molecule has 0 spiro atoms. The van der Waals surface area contributed by atoms with Gasteiger partial charge in [-0.05, 0) is 48.6 Å². The second-order valence-electron chi connectivity index (χ2n) is 10.0. The van der Waals surface area contributed by atoms with Gasteiger partial charge in [-0.3, -0.25) is 19.5 Å². The average Bonchev–Trinajstić information content (AvgIpc) is 3.35. The lowest BCUT2D eigenvalue weighted by Crippen LogP contribution is -2.26. The summed E-state index contributed by atoms with van der Waals surface area (Å²) >= 11 is 2.84. The van der Waals surface area contributed by atoms with Gasteiger partial charge in [-0.25, -0.2) is 9.97 Å². The molecule has 0 bridgehead atoms. The number of benzene rings is 1. The van der Waals surface area contributed by atoms with Gasteiger partial charge in [-0.1, -0.05) is 51.1 Å². The molecule has 5 rings (SSSR count). The summed E-state index contributed by atoms with van der Waals surface area (Å²) in [7, 11) is 0. The largest absolute Gasteiger partial charge is 0.297 e. The smallest absolute Gasteiger partial charge is 0.267 e. The fourth-order valence-corrected chi connectivity index (χ4v) is 6.71. The van der Waals surface area contributed by atoms with Crippen molar-refractivity contribution in [2.45, 2.75) is 53.5 Å². The average molecular weight is 493 g/mol. The van der Waals surface area contributed by atoms with Crippen molar-refractivity contribution >= 4 is 43.9 Å². The molecule has 0 saturated carbocycles. The molecule has 6 nitrogen and oxygen atoms in total. The van der Waals surface area contributed by atoms with Gasteiger partial charge in [0.05, 0.1) is 28.8 Å². The SMILES string of the molecule is Cc1c(C(=O)Nc2nc3c(s2)CC(C(C)(C)C)CC3)sc2ncn(Cc3ccccc3)c(=O)c12. The van der Waals surface area contributed by atoms with Crippen molar-refractivity contribution in [3.63, 3.8) is 0 Å². The first-order valence-electron chi connectivity index (χ1n) is 11.5. The highest BCUT2D eigenvalue weighted by Gasteiger charge is 2.31. The van der Waals surface area contributed by atoms with Crippen LogP contribution in [0.3, 0.4) is 0 Å². The molecule has 34 heavy (non-hydrogen) atoms. The molecule has 1 aliphatic rings. The number of nitrogens with zero attached hydrogens (tertiary/aromatic N) is 3. The molecule has 0 radical (unpaired) electrons. The number of hydrogen-bond acceptors (Lipinski definition) is 6. The van der Waals surface area contributed by atoms with Gasteiger partial charge in [0, 0.05) is 4.88 Å². The van der Waals surface area contributed by atoms with Crippen LogP contribution in [0.4, 0.5) is 5.13 Å². The molecule has 1 amide bonds. The van der Waals surface area contributed by atoms with E-state index < -0.39 is 0 Å². The molecule has 3 aromatic heterocycles. The van der Waals surface area contributed by atoms with Crippen LogP contribution < -0.4 is 10.9 Å². The van der Waals surface area contributed by atoms with Gasteiger partial charge in [0.1, 0.15) is 4.83 Å². The van der Waals surface area contributed by atoms with E-state index in [1.54, 1.807) is 22.2 Å². The monoisotopic (exact) mass is 492 g/mol. The Labute approximate surface area is 206 Å². The van der Waals surface area contributed by atoms with E-state index >= 15 is 0 Å². The predicted molar refractivity (Wildman–Crippen MR) is 139 cm³/mol. The molecule has 4 aromatic rings. The minimum absolute atomic E-state index is 0.125. The Hall–Kier alpha value is -2.84. The summed E-state index contributed by atoms with van der Waals surface area (Å²) in [4.78, 5) is 37.9. The number of amides is 1. The third-order valence-corrected chi connectivity index (χ3v) is 8.94. The van der Waals surface area contributed by atoms with Crippen LogP contribution in [0.15, 0.2) is 41.5 Å². The number of nitrogens with one attached hydrogen (secondary N) is 1. The molecule has 1 aliphatic carbocycles. The van der Waals surface area contributed by atoms with Crippen LogP contribution in [0, 0.1) is 18.3 Å². The molecule has 1 aromatic carbocycles. The lowest BCUT2D eigenvalue weighted by atomic mass is 9.73. The first-order valence-corrected chi connectivity index (χ1v) is 13.2. The molecule has 1 atom stereocenters. The Balaban J connectivity index is 1.39. The third kappa shape index (κ3) is 4.32. The summed E-state index contributed by atoms with van der Waals surface area (Å²) in [5.41, 5.74) is 2.95. The maximum atomic E-state index is 13.2. The molecule has 8 heteroatoms. The maximum absolute atomic E-state index is 13.2. The number of fused-ring (bicyclic) bond motifs is 2. The van der Waals surface area contributed by atoms with E-state index in [4.69, 9.17) is 4.98 Å². The van der Waals surface area contributed by atoms with Crippen molar-refractivity contribution in [2.75, 3.05) is 5.32 Å². The van der Waals surface area contributed by atoms with Crippen molar-refractivity contribution < 1.29 is 4.79 Å². The minimum atomic E-state index is -0.229. The molecule has 0 fully saturated rings. The lowest BCUT2D eigenvalue weighted by molar-refractivity contribution is 0.103. The van der Waals surface area contributed by atoms with Gasteiger partial charge in [-0.2, -0.15) is 0 Å². The fourth-order valence-electron chi connectivity index (χ4n) is 4.59. The van der Waals surface area contributed by atoms with E-state index in [2.05, 4.69) is 31.1 Å². The standard InChI is InChI=1S/C26H28N4O2S2/c1-15-20-23(27-14-30(24(20)32)13-16-8-6-5-7-9-16)34-21(15)22(31)29-25-28-18-11-10-17(26(2,3)4)12-19(18)33-25/h5-9,14,17H,10-13H2,1-4H3,(H,28,29,31). The molecular weight excluding hydrogens is 464 g/mol. The van der Waals surface area contributed by atoms with E-state index in [1.807, 2.05) is 37.3 Å². The first-order chi connectivity index (χ1) is 16.2. The van der Waals surface area contributed by atoms with Crippen LogP contribution in [0.25, 0.3) is 10.2 Å². The highest BCUT2D eigenvalue weighted by molar-refractivity contribution is 7.21. The summed E-state index contributed by atoms with van der Waals surface area (Å²) in [5.74, 6) is 0.394. The number of thiophene rings is 1. The second kappa shape index (κ2) is 8.74. The van der Waals surface area contributed by atoms with Crippen LogP contribution in [0.1, 0.15) is 58.6 Å². The quantitative estimate of drug-likeness (QED) is 0.398. The summed E-state index contributed by atoms with van der Waals surface area (Å²) in [6.45, 7) is 9.14. The van der Waals surface area contributed by atoms with Crippen molar-refractivity contribution in [2.24, 2.45) is 11.3 Å². The number of aromatic nitrogens is 3. The second-order valence-corrected chi connectivity index (χ2v) is 12.1. The van der Waals surface area contributed by atoms with Crippen molar-refractivity contribution in [3.8, 4) is 0 Å². The van der Waals surface area contributed by atoms with Crippen molar-refractivity contribution in [3.05, 3.63) is 73.6 Å². The van der Waals surface area contributed by atoms with Crippen LogP contribution in [0.2, 0.25) is 0 Å². The number of thiazole rings is 1. The van der Waals surface area contributed by atoms with Crippen LogP contribution >= 0.6 is 22.7 Å². The van der Waals surface area contributed by atoms with Crippen LogP contribution in [-0.4, -0.2) is 20.4 Å². The number of anilines is 1. The lowest BCUT2D eigenvalue weighted by Gasteiger charge is -2.33. The third-order valence-electron chi connectivity index (χ3n) is 6.70. The summed E-state index contributed by atoms with van der Waals surface area (Å²) in [6.07, 6.45) is 4.66. The first kappa shape index (κ1) is 22.9. The van der Waals surface area contributed by atoms with Gasteiger partial charge in [-0.15, -0.1) is 22.7 Å². The summed E-state index contributed by atoms with van der Waals surface area (Å²) in [6, 6.07) is 9.80. The molecule has 0 saturated heterocycles. The van der Waals surface area contributed by atoms with Gasteiger partial charge < -0.3 is 0 Å². The van der Waals surface area contributed by atoms with E-state index in [1.165, 1.54) is 16.2 Å². The zero-order valence-electron chi connectivity index (χ0n) is 19.8. The van der Waals surface area contributed by atoms with Gasteiger partial charge in [0.2, 0.25) is 0 Å². The maximum Gasteiger partial charge on any atom is 0.267 e. The fraction of sp³-hybridized carbons (Fsp3) is 0.385. The molecule has 1 N–H and O–H groups in total. The zero-order chi connectivity index (χ0) is 24.0. The Morgan fingerprint density at radius 2 is 1.97 bits per heavy atom. The Morgan fingerprint density at radius 1 is 1.21 bits per heavy atom. The minimum Gasteiger partial charge on any atom is -0.297 e. The highest BCUT2D eigenvalue weighted by Crippen LogP contribution is 2.40. The zero-order valence-corrected chi connectivity index (χ0v) is 21.5. The van der Waals surface area contributed by atoms with Gasteiger partial charge >= 0.3 is 0 Å². The molecular formula is C26H28N4O2S2. The molecule has 3 heterocycles. The van der Waals surface area contributed by atoms with Crippen LogP contribution in [0.5, 0.6) is 0 Å². The summed E-state index contributed by atoms with van der Waals surface area (Å²) < 4.78 is 1.60. The normalized spacial score (nSPS) is 15.9. The van der Waals surface area contributed by atoms with Crippen molar-refractivity contribution in [1.82, 2.24) is 14.5 Å². The van der Waals surface area contributed by atoms with Gasteiger partial charge in [0.25, 0.3) is 11.5 Å². The van der Waals surface area contributed by atoms with E-state index in [-0.39, 0.29) is 16.9 Å². The topological polar surface area (TPSA) is 76.9 Å². The number of aryl methyl sites for hydroxylation is 2. The number of carbonyl (C=O) groups is 1. The Morgan fingerprint density at radius 3 is 2.71 bits per heavy atom. The molecule has 176 valence electrons. The molecule has 1 unspecified atom stereocenters. The number of carbonyl (C=O) groups excluding carboxylic acids is 1. The molecule has 0 aliphatic heterocycles. The summed E-state index contributed by atoms with van der Waals surface area (Å²) in [5, 5.41) is 4.14.